The number of hydrogen-bond donors (Lipinski definition) is 2. The van der Waals surface area contributed by atoms with E-state index in [1.165, 1.54) is 0 Å². The Balaban J connectivity index is 1.70. The van der Waals surface area contributed by atoms with Crippen molar-refractivity contribution in [2.24, 2.45) is 0 Å². The molecule has 0 saturated carbocycles. The van der Waals surface area contributed by atoms with Gasteiger partial charge in [-0.05, 0) is 42.8 Å². The number of aryl methyl sites for hydroxylation is 1. The van der Waals surface area contributed by atoms with Gasteiger partial charge in [-0.3, -0.25) is 4.79 Å². The Kier molecular flexibility index (Phi) is 5.28. The van der Waals surface area contributed by atoms with Crippen LogP contribution in [0.4, 0.5) is 17.2 Å². The maximum atomic E-state index is 11.9. The van der Waals surface area contributed by atoms with E-state index in [2.05, 4.69) is 26.7 Å². The number of aromatic nitrogens is 2. The number of fused-ring (bicyclic) bond motifs is 1. The molecule has 156 valence electrons. The molecule has 2 N–H and O–H groups in total. The molecule has 4 rings (SSSR count). The summed E-state index contributed by atoms with van der Waals surface area (Å²) in [7, 11) is 3.87. The zero-order valence-electron chi connectivity index (χ0n) is 17.3. The normalized spacial score (nSPS) is 12.1. The minimum atomic E-state index is -0.232. The molecule has 0 saturated heterocycles. The average Bonchev–Trinajstić information content (AvgIpc) is 2.74. The molecule has 0 atom stereocenters. The number of amides is 1. The molecule has 31 heavy (non-hydrogen) atoms. The van der Waals surface area contributed by atoms with Gasteiger partial charge in [-0.2, -0.15) is 15.2 Å². The van der Waals surface area contributed by atoms with Crippen LogP contribution < -0.4 is 25.0 Å². The van der Waals surface area contributed by atoms with Gasteiger partial charge < -0.3 is 25.0 Å². The van der Waals surface area contributed by atoms with Crippen LogP contribution in [0.25, 0.3) is 0 Å². The first-order chi connectivity index (χ1) is 14.9. The van der Waals surface area contributed by atoms with Crippen LogP contribution in [0.5, 0.6) is 23.4 Å². The first-order valence-corrected chi connectivity index (χ1v) is 9.52. The van der Waals surface area contributed by atoms with Gasteiger partial charge in [-0.1, -0.05) is 6.07 Å². The highest BCUT2D eigenvalue weighted by Gasteiger charge is 2.24. The Hall–Kier alpha value is -4.32. The molecule has 0 aliphatic carbocycles. The van der Waals surface area contributed by atoms with E-state index >= 15 is 0 Å². The second-order valence-corrected chi connectivity index (χ2v) is 7.12. The Morgan fingerprint density at radius 1 is 1.10 bits per heavy atom. The van der Waals surface area contributed by atoms with E-state index < -0.39 is 0 Å². The van der Waals surface area contributed by atoms with Crippen LogP contribution in [0.3, 0.4) is 0 Å². The van der Waals surface area contributed by atoms with E-state index in [1.54, 1.807) is 24.3 Å². The summed E-state index contributed by atoms with van der Waals surface area (Å²) in [5.41, 5.74) is 2.61. The minimum Gasteiger partial charge on any atom is -0.437 e. The van der Waals surface area contributed by atoms with Gasteiger partial charge in [0.05, 0.1) is 18.2 Å². The maximum Gasteiger partial charge on any atom is 0.327 e. The first kappa shape index (κ1) is 20.0. The fourth-order valence-corrected chi connectivity index (χ4v) is 3.00. The summed E-state index contributed by atoms with van der Waals surface area (Å²) in [5.74, 6) is 1.33. The third-order valence-corrected chi connectivity index (χ3v) is 4.61. The van der Waals surface area contributed by atoms with E-state index in [4.69, 9.17) is 14.7 Å². The molecule has 1 aliphatic heterocycles. The molecule has 0 fully saturated rings. The van der Waals surface area contributed by atoms with Crippen molar-refractivity contribution in [1.29, 1.82) is 5.26 Å². The van der Waals surface area contributed by atoms with E-state index in [1.807, 2.05) is 44.1 Å². The smallest absolute Gasteiger partial charge is 0.327 e. The largest absolute Gasteiger partial charge is 0.437 e. The molecule has 2 aromatic carbocycles. The fraction of sp³-hybridized carbons (Fsp3) is 0.182. The lowest BCUT2D eigenvalue weighted by molar-refractivity contribution is -0.114. The molecule has 0 spiro atoms. The summed E-state index contributed by atoms with van der Waals surface area (Å²) in [4.78, 5) is 22.6. The summed E-state index contributed by atoms with van der Waals surface area (Å²) in [6, 6.07) is 14.7. The number of hydrogen-bond acceptors (Lipinski definition) is 8. The number of ether oxygens (including phenoxy) is 2. The quantitative estimate of drug-likeness (QED) is 0.648. The standard InChI is InChI=1S/C22H20N6O3/c1-13-9-17(8-7-14(13)11-23)30-21-19-20(24-12-18(29)25-19)26-22(27-21)31-16-6-4-5-15(10-16)28(2)3/h4-10H,12H2,1-3H3,(H,25,29)(H,24,26,27). The van der Waals surface area contributed by atoms with Crippen molar-refractivity contribution in [2.75, 3.05) is 36.2 Å². The highest BCUT2D eigenvalue weighted by atomic mass is 16.5. The predicted molar refractivity (Wildman–Crippen MR) is 116 cm³/mol. The van der Waals surface area contributed by atoms with Crippen LogP contribution in [0, 0.1) is 18.3 Å². The van der Waals surface area contributed by atoms with Crippen molar-refractivity contribution < 1.29 is 14.3 Å². The monoisotopic (exact) mass is 416 g/mol. The van der Waals surface area contributed by atoms with E-state index in [0.29, 0.717) is 28.6 Å². The van der Waals surface area contributed by atoms with Crippen molar-refractivity contribution in [3.8, 4) is 29.5 Å². The van der Waals surface area contributed by atoms with Crippen LogP contribution >= 0.6 is 0 Å². The highest BCUT2D eigenvalue weighted by molar-refractivity contribution is 6.01. The highest BCUT2D eigenvalue weighted by Crippen LogP contribution is 2.37. The van der Waals surface area contributed by atoms with E-state index in [9.17, 15) is 4.79 Å². The second kappa shape index (κ2) is 8.20. The van der Waals surface area contributed by atoms with Crippen molar-refractivity contribution >= 4 is 23.1 Å². The van der Waals surface area contributed by atoms with Gasteiger partial charge in [0.15, 0.2) is 5.82 Å². The molecule has 1 amide bonds. The van der Waals surface area contributed by atoms with Crippen molar-refractivity contribution in [1.82, 2.24) is 9.97 Å². The lowest BCUT2D eigenvalue weighted by atomic mass is 10.1. The molecular formula is C22H20N6O3. The summed E-state index contributed by atoms with van der Waals surface area (Å²) in [5, 5.41) is 14.8. The molecule has 2 heterocycles. The number of nitrogens with zero attached hydrogens (tertiary/aromatic N) is 4. The molecule has 3 aromatic rings. The van der Waals surface area contributed by atoms with Gasteiger partial charge in [-0.25, -0.2) is 0 Å². The van der Waals surface area contributed by atoms with Crippen LogP contribution in [-0.2, 0) is 4.79 Å². The number of rotatable bonds is 5. The van der Waals surface area contributed by atoms with Gasteiger partial charge in [0, 0.05) is 25.8 Å². The maximum absolute atomic E-state index is 11.9. The summed E-state index contributed by atoms with van der Waals surface area (Å²) >= 11 is 0. The van der Waals surface area contributed by atoms with Crippen molar-refractivity contribution in [3.05, 3.63) is 53.6 Å². The van der Waals surface area contributed by atoms with Crippen molar-refractivity contribution in [2.45, 2.75) is 6.92 Å². The Morgan fingerprint density at radius 3 is 2.65 bits per heavy atom. The molecule has 0 unspecified atom stereocenters. The molecule has 9 heteroatoms. The van der Waals surface area contributed by atoms with Gasteiger partial charge in [0.2, 0.25) is 5.91 Å². The minimum absolute atomic E-state index is 0.0682. The molecule has 0 radical (unpaired) electrons. The number of carbonyl (C=O) groups is 1. The topological polar surface area (TPSA) is 112 Å². The summed E-state index contributed by atoms with van der Waals surface area (Å²) < 4.78 is 11.8. The molecule has 1 aliphatic rings. The van der Waals surface area contributed by atoms with Crippen LogP contribution in [0.1, 0.15) is 11.1 Å². The Morgan fingerprint density at radius 2 is 1.90 bits per heavy atom. The van der Waals surface area contributed by atoms with E-state index in [0.717, 1.165) is 11.3 Å². The summed E-state index contributed by atoms with van der Waals surface area (Å²) in [6.07, 6.45) is 0. The zero-order valence-corrected chi connectivity index (χ0v) is 17.3. The average molecular weight is 416 g/mol. The Bertz CT molecular complexity index is 1200. The number of anilines is 3. The SMILES string of the molecule is Cc1cc(Oc2nc(Oc3cccc(N(C)C)c3)nc3c2NC(=O)CN3)ccc1C#N. The lowest BCUT2D eigenvalue weighted by Crippen LogP contribution is -2.28. The second-order valence-electron chi connectivity index (χ2n) is 7.12. The van der Waals surface area contributed by atoms with Crippen LogP contribution in [0.2, 0.25) is 0 Å². The first-order valence-electron chi connectivity index (χ1n) is 9.52. The van der Waals surface area contributed by atoms with E-state index in [-0.39, 0.29) is 24.3 Å². The third-order valence-electron chi connectivity index (χ3n) is 4.61. The lowest BCUT2D eigenvalue weighted by Gasteiger charge is -2.21. The van der Waals surface area contributed by atoms with Crippen LogP contribution in [-0.4, -0.2) is 36.5 Å². The number of carbonyl (C=O) groups excluding carboxylic acids is 1. The number of nitriles is 1. The van der Waals surface area contributed by atoms with Crippen molar-refractivity contribution in [3.63, 3.8) is 0 Å². The summed E-state index contributed by atoms with van der Waals surface area (Å²) in [6.45, 7) is 1.89. The number of nitrogens with one attached hydrogen (secondary N) is 2. The molecular weight excluding hydrogens is 396 g/mol. The van der Waals surface area contributed by atoms with Gasteiger partial charge in [-0.15, -0.1) is 0 Å². The zero-order chi connectivity index (χ0) is 22.0. The molecule has 9 nitrogen and oxygen atoms in total. The van der Waals surface area contributed by atoms with Crippen LogP contribution in [0.15, 0.2) is 42.5 Å². The molecule has 1 aromatic heterocycles. The predicted octanol–water partition coefficient (Wildman–Crippen LogP) is 3.67. The molecule has 0 bridgehead atoms. The Labute approximate surface area is 179 Å². The third kappa shape index (κ3) is 4.33. The fourth-order valence-electron chi connectivity index (χ4n) is 3.00. The number of benzene rings is 2. The van der Waals surface area contributed by atoms with Gasteiger partial charge >= 0.3 is 6.01 Å². The van der Waals surface area contributed by atoms with Gasteiger partial charge in [0.25, 0.3) is 5.88 Å². The van der Waals surface area contributed by atoms with Gasteiger partial charge in [0.1, 0.15) is 17.2 Å².